The third-order valence-corrected chi connectivity index (χ3v) is 3.46. The number of ether oxygens (including phenoxy) is 1. The molecule has 0 saturated heterocycles. The SMILES string of the molecule is COCC(C)c1nc(O)c(-c2ccc(Br)cc2)c(=O)[nH]1. The first-order valence-corrected chi connectivity index (χ1v) is 6.90. The van der Waals surface area contributed by atoms with Crippen LogP contribution >= 0.6 is 15.9 Å². The van der Waals surface area contributed by atoms with Gasteiger partial charge in [-0.15, -0.1) is 0 Å². The second-order valence-electron chi connectivity index (χ2n) is 4.51. The zero-order chi connectivity index (χ0) is 14.7. The molecular weight excluding hydrogens is 324 g/mol. The first kappa shape index (κ1) is 14.7. The fourth-order valence-electron chi connectivity index (χ4n) is 1.92. The lowest BCUT2D eigenvalue weighted by molar-refractivity contribution is 0.181. The number of methoxy groups -OCH3 is 1. The summed E-state index contributed by atoms with van der Waals surface area (Å²) in [5.41, 5.74) is 0.425. The van der Waals surface area contributed by atoms with Gasteiger partial charge in [0.1, 0.15) is 11.4 Å². The number of nitrogens with one attached hydrogen (secondary N) is 1. The van der Waals surface area contributed by atoms with Crippen molar-refractivity contribution in [3.05, 3.63) is 44.9 Å². The lowest BCUT2D eigenvalue weighted by Gasteiger charge is -2.11. The van der Waals surface area contributed by atoms with E-state index in [1.54, 1.807) is 31.4 Å². The van der Waals surface area contributed by atoms with E-state index in [-0.39, 0.29) is 22.9 Å². The number of hydrogen-bond acceptors (Lipinski definition) is 4. The lowest BCUT2D eigenvalue weighted by atomic mass is 10.1. The molecule has 0 aliphatic heterocycles. The Morgan fingerprint density at radius 3 is 2.60 bits per heavy atom. The minimum Gasteiger partial charge on any atom is -0.493 e. The maximum atomic E-state index is 12.1. The van der Waals surface area contributed by atoms with Crippen LogP contribution in [0.5, 0.6) is 5.88 Å². The van der Waals surface area contributed by atoms with Crippen molar-refractivity contribution in [1.29, 1.82) is 0 Å². The molecule has 0 aliphatic rings. The third kappa shape index (κ3) is 3.08. The van der Waals surface area contributed by atoms with Crippen LogP contribution < -0.4 is 5.56 Å². The molecule has 1 heterocycles. The van der Waals surface area contributed by atoms with Gasteiger partial charge in [0, 0.05) is 17.5 Å². The molecule has 0 bridgehead atoms. The van der Waals surface area contributed by atoms with Gasteiger partial charge in [0.2, 0.25) is 5.88 Å². The lowest BCUT2D eigenvalue weighted by Crippen LogP contribution is -2.17. The Morgan fingerprint density at radius 1 is 1.40 bits per heavy atom. The molecule has 0 amide bonds. The Morgan fingerprint density at radius 2 is 2.05 bits per heavy atom. The van der Waals surface area contributed by atoms with Crippen molar-refractivity contribution in [2.45, 2.75) is 12.8 Å². The molecule has 1 unspecified atom stereocenters. The largest absolute Gasteiger partial charge is 0.493 e. The maximum Gasteiger partial charge on any atom is 0.262 e. The van der Waals surface area contributed by atoms with Crippen LogP contribution in [-0.4, -0.2) is 28.8 Å². The number of aromatic hydroxyl groups is 1. The molecule has 106 valence electrons. The van der Waals surface area contributed by atoms with Crippen molar-refractivity contribution in [1.82, 2.24) is 9.97 Å². The fourth-order valence-corrected chi connectivity index (χ4v) is 2.18. The zero-order valence-electron chi connectivity index (χ0n) is 11.2. The van der Waals surface area contributed by atoms with Gasteiger partial charge in [0.15, 0.2) is 0 Å². The average Bonchev–Trinajstić information content (AvgIpc) is 2.40. The molecule has 20 heavy (non-hydrogen) atoms. The van der Waals surface area contributed by atoms with Crippen molar-refractivity contribution < 1.29 is 9.84 Å². The van der Waals surface area contributed by atoms with Crippen LogP contribution in [0.4, 0.5) is 0 Å². The summed E-state index contributed by atoms with van der Waals surface area (Å²) in [7, 11) is 1.57. The molecule has 0 aliphatic carbocycles. The van der Waals surface area contributed by atoms with Gasteiger partial charge in [-0.1, -0.05) is 35.0 Å². The smallest absolute Gasteiger partial charge is 0.262 e. The normalized spacial score (nSPS) is 12.3. The van der Waals surface area contributed by atoms with Crippen molar-refractivity contribution in [3.8, 4) is 17.0 Å². The van der Waals surface area contributed by atoms with Gasteiger partial charge in [0.05, 0.1) is 6.61 Å². The first-order chi connectivity index (χ1) is 9.52. The number of halogens is 1. The highest BCUT2D eigenvalue weighted by Crippen LogP contribution is 2.25. The van der Waals surface area contributed by atoms with Gasteiger partial charge in [-0.3, -0.25) is 4.79 Å². The summed E-state index contributed by atoms with van der Waals surface area (Å²) in [5.74, 6) is 0.0433. The van der Waals surface area contributed by atoms with Crippen LogP contribution in [0, 0.1) is 0 Å². The molecule has 1 aromatic heterocycles. The standard InChI is InChI=1S/C14H15BrN2O3/c1-8(7-20-2)12-16-13(18)11(14(19)17-12)9-3-5-10(15)6-4-9/h3-6,8H,7H2,1-2H3,(H2,16,17,18,19). The molecule has 0 spiro atoms. The van der Waals surface area contributed by atoms with E-state index in [0.717, 1.165) is 4.47 Å². The number of H-pyrrole nitrogens is 1. The highest BCUT2D eigenvalue weighted by atomic mass is 79.9. The molecule has 2 N–H and O–H groups in total. The van der Waals surface area contributed by atoms with Crippen molar-refractivity contribution in [2.75, 3.05) is 13.7 Å². The van der Waals surface area contributed by atoms with E-state index in [2.05, 4.69) is 25.9 Å². The second-order valence-corrected chi connectivity index (χ2v) is 5.43. The highest BCUT2D eigenvalue weighted by Gasteiger charge is 2.16. The van der Waals surface area contributed by atoms with Crippen LogP contribution in [0.25, 0.3) is 11.1 Å². The van der Waals surface area contributed by atoms with Gasteiger partial charge in [0.25, 0.3) is 5.56 Å². The van der Waals surface area contributed by atoms with Crippen LogP contribution in [-0.2, 0) is 4.74 Å². The molecule has 2 rings (SSSR count). The number of nitrogens with zero attached hydrogens (tertiary/aromatic N) is 1. The summed E-state index contributed by atoms with van der Waals surface area (Å²) >= 11 is 3.33. The van der Waals surface area contributed by atoms with E-state index in [9.17, 15) is 9.90 Å². The Balaban J connectivity index is 2.46. The van der Waals surface area contributed by atoms with E-state index >= 15 is 0 Å². The van der Waals surface area contributed by atoms with Crippen LogP contribution in [0.3, 0.4) is 0 Å². The zero-order valence-corrected chi connectivity index (χ0v) is 12.8. The summed E-state index contributed by atoms with van der Waals surface area (Å²) in [4.78, 5) is 18.9. The monoisotopic (exact) mass is 338 g/mol. The molecule has 0 radical (unpaired) electrons. The van der Waals surface area contributed by atoms with E-state index in [0.29, 0.717) is 18.0 Å². The summed E-state index contributed by atoms with van der Waals surface area (Å²) in [6.07, 6.45) is 0. The minimum atomic E-state index is -0.363. The van der Waals surface area contributed by atoms with E-state index in [1.807, 2.05) is 6.92 Å². The molecular formula is C14H15BrN2O3. The van der Waals surface area contributed by atoms with E-state index in [1.165, 1.54) is 0 Å². The van der Waals surface area contributed by atoms with Gasteiger partial charge in [-0.05, 0) is 17.7 Å². The molecule has 1 atom stereocenters. The van der Waals surface area contributed by atoms with E-state index in [4.69, 9.17) is 4.74 Å². The third-order valence-electron chi connectivity index (χ3n) is 2.93. The number of hydrogen-bond donors (Lipinski definition) is 2. The fraction of sp³-hybridized carbons (Fsp3) is 0.286. The van der Waals surface area contributed by atoms with Crippen molar-refractivity contribution in [3.63, 3.8) is 0 Å². The molecule has 6 heteroatoms. The molecule has 0 saturated carbocycles. The first-order valence-electron chi connectivity index (χ1n) is 6.11. The summed E-state index contributed by atoms with van der Waals surface area (Å²) in [6.45, 7) is 2.28. The summed E-state index contributed by atoms with van der Waals surface area (Å²) < 4.78 is 5.92. The molecule has 0 fully saturated rings. The van der Waals surface area contributed by atoms with Crippen LogP contribution in [0.15, 0.2) is 33.5 Å². The van der Waals surface area contributed by atoms with Crippen molar-refractivity contribution >= 4 is 15.9 Å². The second kappa shape index (κ2) is 6.19. The topological polar surface area (TPSA) is 75.2 Å². The number of rotatable bonds is 4. The predicted molar refractivity (Wildman–Crippen MR) is 79.9 cm³/mol. The van der Waals surface area contributed by atoms with Gasteiger partial charge in [-0.2, -0.15) is 4.98 Å². The Labute approximate surface area is 124 Å². The van der Waals surface area contributed by atoms with Crippen molar-refractivity contribution in [2.24, 2.45) is 0 Å². The average molecular weight is 339 g/mol. The van der Waals surface area contributed by atoms with Gasteiger partial charge < -0.3 is 14.8 Å². The molecule has 2 aromatic rings. The Bertz CT molecular complexity index is 652. The maximum absolute atomic E-state index is 12.1. The van der Waals surface area contributed by atoms with E-state index < -0.39 is 0 Å². The summed E-state index contributed by atoms with van der Waals surface area (Å²) in [6, 6.07) is 7.09. The predicted octanol–water partition coefficient (Wildman–Crippen LogP) is 2.65. The number of aromatic amines is 1. The highest BCUT2D eigenvalue weighted by molar-refractivity contribution is 9.10. The minimum absolute atomic E-state index is 0.0995. The quantitative estimate of drug-likeness (QED) is 0.898. The molecule has 5 nitrogen and oxygen atoms in total. The Kier molecular flexibility index (Phi) is 4.57. The number of aromatic nitrogens is 2. The van der Waals surface area contributed by atoms with Crippen LogP contribution in [0.1, 0.15) is 18.7 Å². The Hall–Kier alpha value is -1.66. The number of benzene rings is 1. The molecule has 1 aromatic carbocycles. The van der Waals surface area contributed by atoms with Gasteiger partial charge in [-0.25, -0.2) is 0 Å². The van der Waals surface area contributed by atoms with Crippen LogP contribution in [0.2, 0.25) is 0 Å². The van der Waals surface area contributed by atoms with Gasteiger partial charge >= 0.3 is 0 Å². The summed E-state index contributed by atoms with van der Waals surface area (Å²) in [5, 5.41) is 10.0.